The maximum absolute atomic E-state index is 10.6. The maximum Gasteiger partial charge on any atom is 0.156 e. The van der Waals surface area contributed by atoms with Crippen LogP contribution in [-0.4, -0.2) is 22.8 Å². The first-order valence-electron chi connectivity index (χ1n) is 3.92. The van der Waals surface area contributed by atoms with Crippen LogP contribution in [0, 0.1) is 6.92 Å². The van der Waals surface area contributed by atoms with Crippen LogP contribution in [0.2, 0.25) is 5.15 Å². The molecule has 0 radical (unpaired) electrons. The summed E-state index contributed by atoms with van der Waals surface area (Å²) in [7, 11) is 0. The molecule has 0 aliphatic heterocycles. The number of aromatic nitrogens is 2. The molecule has 1 aromatic rings. The lowest BCUT2D eigenvalue weighted by molar-refractivity contribution is 0.112. The first-order valence-corrected chi connectivity index (χ1v) is 4.30. The minimum atomic E-state index is 0.193. The topological polar surface area (TPSA) is 54.9 Å². The zero-order valence-corrected chi connectivity index (χ0v) is 8.22. The van der Waals surface area contributed by atoms with E-state index in [-0.39, 0.29) is 5.15 Å². The molecule has 1 heterocycles. The summed E-state index contributed by atoms with van der Waals surface area (Å²) >= 11 is 5.75. The highest BCUT2D eigenvalue weighted by Crippen LogP contribution is 2.18. The molecule has 13 heavy (non-hydrogen) atoms. The van der Waals surface area contributed by atoms with E-state index in [0.29, 0.717) is 30.0 Å². The summed E-state index contributed by atoms with van der Waals surface area (Å²) in [5, 5.41) is 3.13. The van der Waals surface area contributed by atoms with Crippen LogP contribution >= 0.6 is 11.6 Å². The quantitative estimate of drug-likeness (QED) is 0.595. The van der Waals surface area contributed by atoms with Crippen molar-refractivity contribution in [1.82, 2.24) is 9.97 Å². The fourth-order valence-electron chi connectivity index (χ4n) is 0.954. The summed E-state index contributed by atoms with van der Waals surface area (Å²) in [4.78, 5) is 18.6. The normalized spacial score (nSPS) is 9.77. The first-order chi connectivity index (χ1) is 6.19. The molecular weight excluding hydrogens is 190 g/mol. The molecule has 0 unspecified atom stereocenters. The molecule has 1 rings (SSSR count). The van der Waals surface area contributed by atoms with Crippen molar-refractivity contribution in [3.05, 3.63) is 16.5 Å². The fourth-order valence-corrected chi connectivity index (χ4v) is 1.21. The van der Waals surface area contributed by atoms with Crippen LogP contribution in [0.3, 0.4) is 0 Å². The van der Waals surface area contributed by atoms with E-state index >= 15 is 0 Å². The minimum absolute atomic E-state index is 0.193. The van der Waals surface area contributed by atoms with Gasteiger partial charge in [-0.1, -0.05) is 11.6 Å². The summed E-state index contributed by atoms with van der Waals surface area (Å²) in [6.45, 7) is 4.33. The molecule has 0 amide bonds. The van der Waals surface area contributed by atoms with Crippen LogP contribution in [0.5, 0.6) is 0 Å². The van der Waals surface area contributed by atoms with Crippen molar-refractivity contribution >= 4 is 23.7 Å². The number of carbonyl (C=O) groups excluding carboxylic acids is 1. The van der Waals surface area contributed by atoms with Crippen LogP contribution in [0.4, 0.5) is 5.82 Å². The number of rotatable bonds is 3. The number of aldehydes is 1. The van der Waals surface area contributed by atoms with Crippen molar-refractivity contribution in [3.8, 4) is 0 Å². The van der Waals surface area contributed by atoms with Gasteiger partial charge in [0.25, 0.3) is 0 Å². The third-order valence-corrected chi connectivity index (χ3v) is 1.76. The summed E-state index contributed by atoms with van der Waals surface area (Å²) in [5.41, 5.74) is 0.314. The Kier molecular flexibility index (Phi) is 3.19. The van der Waals surface area contributed by atoms with Crippen molar-refractivity contribution in [2.24, 2.45) is 0 Å². The lowest BCUT2D eigenvalue weighted by atomic mass is 10.3. The van der Waals surface area contributed by atoms with E-state index in [4.69, 9.17) is 11.6 Å². The van der Waals surface area contributed by atoms with Gasteiger partial charge in [0, 0.05) is 6.54 Å². The van der Waals surface area contributed by atoms with Crippen LogP contribution in [-0.2, 0) is 0 Å². The van der Waals surface area contributed by atoms with E-state index in [1.807, 2.05) is 6.92 Å². The summed E-state index contributed by atoms with van der Waals surface area (Å²) in [6.07, 6.45) is 0.653. The predicted molar refractivity (Wildman–Crippen MR) is 51.3 cm³/mol. The van der Waals surface area contributed by atoms with E-state index < -0.39 is 0 Å². The molecule has 0 saturated heterocycles. The molecule has 5 heteroatoms. The third kappa shape index (κ3) is 2.15. The van der Waals surface area contributed by atoms with E-state index in [9.17, 15) is 4.79 Å². The largest absolute Gasteiger partial charge is 0.370 e. The number of hydrogen-bond donors (Lipinski definition) is 1. The second-order valence-electron chi connectivity index (χ2n) is 2.47. The molecule has 0 saturated carbocycles. The highest BCUT2D eigenvalue weighted by Gasteiger charge is 2.09. The number of carbonyl (C=O) groups is 1. The van der Waals surface area contributed by atoms with Crippen LogP contribution in [0.1, 0.15) is 23.1 Å². The highest BCUT2D eigenvalue weighted by atomic mass is 35.5. The SMILES string of the molecule is CCNc1nc(C)nc(Cl)c1C=O. The van der Waals surface area contributed by atoms with Crippen LogP contribution < -0.4 is 5.32 Å². The number of nitrogens with zero attached hydrogens (tertiary/aromatic N) is 2. The molecule has 0 atom stereocenters. The molecule has 1 aromatic heterocycles. The Balaban J connectivity index is 3.20. The third-order valence-electron chi connectivity index (χ3n) is 1.47. The molecule has 0 aliphatic rings. The molecule has 0 spiro atoms. The molecule has 4 nitrogen and oxygen atoms in total. The molecular formula is C8H10ClN3O. The van der Waals surface area contributed by atoms with Gasteiger partial charge in [-0.3, -0.25) is 4.79 Å². The predicted octanol–water partition coefficient (Wildman–Crippen LogP) is 1.68. The number of hydrogen-bond acceptors (Lipinski definition) is 4. The van der Waals surface area contributed by atoms with Gasteiger partial charge in [0.15, 0.2) is 6.29 Å². The number of halogens is 1. The van der Waals surface area contributed by atoms with Gasteiger partial charge >= 0.3 is 0 Å². The molecule has 0 aliphatic carbocycles. The van der Waals surface area contributed by atoms with Gasteiger partial charge in [0.1, 0.15) is 16.8 Å². The number of anilines is 1. The second-order valence-corrected chi connectivity index (χ2v) is 2.83. The first kappa shape index (κ1) is 9.92. The van der Waals surface area contributed by atoms with Gasteiger partial charge in [-0.05, 0) is 13.8 Å². The Hall–Kier alpha value is -1.16. The Morgan fingerprint density at radius 3 is 2.77 bits per heavy atom. The molecule has 1 N–H and O–H groups in total. The van der Waals surface area contributed by atoms with Crippen molar-refractivity contribution < 1.29 is 4.79 Å². The maximum atomic E-state index is 10.6. The molecule has 0 bridgehead atoms. The van der Waals surface area contributed by atoms with Gasteiger partial charge in [0.05, 0.1) is 5.56 Å². The van der Waals surface area contributed by atoms with Crippen LogP contribution in [0.25, 0.3) is 0 Å². The van der Waals surface area contributed by atoms with Gasteiger partial charge in [0.2, 0.25) is 0 Å². The van der Waals surface area contributed by atoms with Gasteiger partial charge in [-0.2, -0.15) is 0 Å². The van der Waals surface area contributed by atoms with E-state index in [1.54, 1.807) is 6.92 Å². The van der Waals surface area contributed by atoms with Crippen LogP contribution in [0.15, 0.2) is 0 Å². The molecule has 70 valence electrons. The van der Waals surface area contributed by atoms with Gasteiger partial charge in [-0.25, -0.2) is 9.97 Å². The number of aryl methyl sites for hydroxylation is 1. The monoisotopic (exact) mass is 199 g/mol. The summed E-state index contributed by atoms with van der Waals surface area (Å²) in [6, 6.07) is 0. The standard InChI is InChI=1S/C8H10ClN3O/c1-3-10-8-6(4-13)7(9)11-5(2)12-8/h4H,3H2,1-2H3,(H,10,11,12). The van der Waals surface area contributed by atoms with E-state index in [0.717, 1.165) is 0 Å². The Morgan fingerprint density at radius 2 is 2.23 bits per heavy atom. The van der Waals surface area contributed by atoms with Gasteiger partial charge < -0.3 is 5.32 Å². The molecule has 0 aromatic carbocycles. The van der Waals surface area contributed by atoms with E-state index in [2.05, 4.69) is 15.3 Å². The fraction of sp³-hybridized carbons (Fsp3) is 0.375. The minimum Gasteiger partial charge on any atom is -0.370 e. The average Bonchev–Trinajstić information content (AvgIpc) is 2.04. The van der Waals surface area contributed by atoms with Crippen molar-refractivity contribution in [2.75, 3.05) is 11.9 Å². The average molecular weight is 200 g/mol. The lowest BCUT2D eigenvalue weighted by Gasteiger charge is -2.06. The second kappa shape index (κ2) is 4.18. The molecule has 0 fully saturated rings. The number of nitrogens with one attached hydrogen (secondary N) is 1. The van der Waals surface area contributed by atoms with Gasteiger partial charge in [-0.15, -0.1) is 0 Å². The Labute approximate surface area is 81.3 Å². The Bertz CT molecular complexity index is 327. The summed E-state index contributed by atoms with van der Waals surface area (Å²) < 4.78 is 0. The van der Waals surface area contributed by atoms with Crippen molar-refractivity contribution in [2.45, 2.75) is 13.8 Å². The Morgan fingerprint density at radius 1 is 1.54 bits per heavy atom. The van der Waals surface area contributed by atoms with Crippen molar-refractivity contribution in [3.63, 3.8) is 0 Å². The zero-order valence-electron chi connectivity index (χ0n) is 7.47. The zero-order chi connectivity index (χ0) is 9.84. The summed E-state index contributed by atoms with van der Waals surface area (Å²) in [5.74, 6) is 1.04. The lowest BCUT2D eigenvalue weighted by Crippen LogP contribution is -2.06. The van der Waals surface area contributed by atoms with E-state index in [1.165, 1.54) is 0 Å². The van der Waals surface area contributed by atoms with Crippen molar-refractivity contribution in [1.29, 1.82) is 0 Å². The highest BCUT2D eigenvalue weighted by molar-refractivity contribution is 6.32. The smallest absolute Gasteiger partial charge is 0.156 e.